The highest BCUT2D eigenvalue weighted by molar-refractivity contribution is 9.11. The molecule has 2 N–H and O–H groups in total. The number of carbonyl (C=O) groups is 2. The Kier molecular flexibility index (Phi) is 7.35. The average Bonchev–Trinajstić information content (AvgIpc) is 2.84. The number of ether oxygens (including phenoxy) is 1. The summed E-state index contributed by atoms with van der Waals surface area (Å²) in [4.78, 5) is 24.4. The van der Waals surface area contributed by atoms with Crippen LogP contribution in [0.25, 0.3) is 0 Å². The molecular formula is C14H18BrN3O3S. The molecule has 1 atom stereocenters. The van der Waals surface area contributed by atoms with E-state index in [1.165, 1.54) is 18.4 Å². The average molecular weight is 388 g/mol. The van der Waals surface area contributed by atoms with Gasteiger partial charge >= 0.3 is 0 Å². The number of thiophene rings is 1. The maximum Gasteiger partial charge on any atom is 0.256 e. The Hall–Kier alpha value is -1.59. The molecule has 1 heterocycles. The van der Waals surface area contributed by atoms with Crippen LogP contribution in [-0.4, -0.2) is 31.5 Å². The predicted molar refractivity (Wildman–Crippen MR) is 87.9 cm³/mol. The van der Waals surface area contributed by atoms with Crippen molar-refractivity contribution in [1.82, 2.24) is 10.6 Å². The third-order valence-electron chi connectivity index (χ3n) is 2.82. The van der Waals surface area contributed by atoms with Gasteiger partial charge in [0.15, 0.2) is 5.75 Å². The first-order chi connectivity index (χ1) is 10.4. The van der Waals surface area contributed by atoms with Crippen molar-refractivity contribution < 1.29 is 14.3 Å². The molecule has 0 bridgehead atoms. The SMILES string of the molecule is COc1c(C(=O)N[C@@H](CC(C)C)C(=O)NCC#N)csc1Br. The maximum atomic E-state index is 12.4. The Morgan fingerprint density at radius 1 is 1.50 bits per heavy atom. The molecule has 2 amide bonds. The molecule has 0 aliphatic carbocycles. The van der Waals surface area contributed by atoms with Gasteiger partial charge in [0.05, 0.1) is 18.7 Å². The van der Waals surface area contributed by atoms with Gasteiger partial charge in [-0.3, -0.25) is 9.59 Å². The molecule has 1 aromatic heterocycles. The zero-order valence-corrected chi connectivity index (χ0v) is 15.0. The van der Waals surface area contributed by atoms with Gasteiger partial charge in [0.25, 0.3) is 5.91 Å². The zero-order chi connectivity index (χ0) is 16.7. The number of rotatable bonds is 7. The topological polar surface area (TPSA) is 91.2 Å². The van der Waals surface area contributed by atoms with Gasteiger partial charge in [-0.1, -0.05) is 13.8 Å². The molecule has 120 valence electrons. The quantitative estimate of drug-likeness (QED) is 0.702. The van der Waals surface area contributed by atoms with Crippen LogP contribution in [0.3, 0.4) is 0 Å². The number of nitriles is 1. The van der Waals surface area contributed by atoms with Crippen LogP contribution in [0.2, 0.25) is 0 Å². The number of nitrogens with zero attached hydrogens (tertiary/aromatic N) is 1. The summed E-state index contributed by atoms with van der Waals surface area (Å²) in [5.74, 6) is -0.0779. The third kappa shape index (κ3) is 5.00. The molecule has 0 aliphatic heterocycles. The number of hydrogen-bond acceptors (Lipinski definition) is 5. The minimum Gasteiger partial charge on any atom is -0.494 e. The molecule has 0 fully saturated rings. The number of hydrogen-bond donors (Lipinski definition) is 2. The van der Waals surface area contributed by atoms with Crippen LogP contribution in [0.5, 0.6) is 5.75 Å². The molecule has 0 aliphatic rings. The summed E-state index contributed by atoms with van der Waals surface area (Å²) >= 11 is 4.65. The molecule has 0 spiro atoms. The Bertz CT molecular complexity index is 580. The normalized spacial score (nSPS) is 11.6. The van der Waals surface area contributed by atoms with Crippen LogP contribution in [0.15, 0.2) is 9.17 Å². The minimum absolute atomic E-state index is 0.0867. The first-order valence-electron chi connectivity index (χ1n) is 6.67. The lowest BCUT2D eigenvalue weighted by atomic mass is 10.0. The number of amides is 2. The van der Waals surface area contributed by atoms with Crippen LogP contribution >= 0.6 is 27.3 Å². The molecule has 22 heavy (non-hydrogen) atoms. The van der Waals surface area contributed by atoms with Crippen molar-refractivity contribution in [3.8, 4) is 11.8 Å². The molecular weight excluding hydrogens is 370 g/mol. The van der Waals surface area contributed by atoms with Crippen LogP contribution in [-0.2, 0) is 4.79 Å². The van der Waals surface area contributed by atoms with Crippen LogP contribution in [0, 0.1) is 17.2 Å². The summed E-state index contributed by atoms with van der Waals surface area (Å²) in [7, 11) is 1.48. The van der Waals surface area contributed by atoms with Crippen molar-refractivity contribution in [2.45, 2.75) is 26.3 Å². The molecule has 1 aromatic rings. The fraction of sp³-hybridized carbons (Fsp3) is 0.500. The molecule has 0 saturated carbocycles. The van der Waals surface area contributed by atoms with E-state index in [0.29, 0.717) is 17.7 Å². The van der Waals surface area contributed by atoms with Gasteiger partial charge in [-0.2, -0.15) is 5.26 Å². The smallest absolute Gasteiger partial charge is 0.256 e. The van der Waals surface area contributed by atoms with Gasteiger partial charge in [-0.05, 0) is 28.3 Å². The minimum atomic E-state index is -0.691. The molecule has 8 heteroatoms. The Balaban J connectivity index is 2.86. The summed E-state index contributed by atoms with van der Waals surface area (Å²) in [5, 5.41) is 15.4. The largest absolute Gasteiger partial charge is 0.494 e. The van der Waals surface area contributed by atoms with Crippen LogP contribution in [0.4, 0.5) is 0 Å². The number of halogens is 1. The van der Waals surface area contributed by atoms with Crippen molar-refractivity contribution in [3.63, 3.8) is 0 Å². The van der Waals surface area contributed by atoms with Crippen LogP contribution < -0.4 is 15.4 Å². The fourth-order valence-electron chi connectivity index (χ4n) is 1.86. The second-order valence-corrected chi connectivity index (χ2v) is 7.19. The molecule has 6 nitrogen and oxygen atoms in total. The van der Waals surface area contributed by atoms with Gasteiger partial charge in [0.1, 0.15) is 16.4 Å². The van der Waals surface area contributed by atoms with E-state index in [-0.39, 0.29) is 24.3 Å². The number of methoxy groups -OCH3 is 1. The molecule has 0 unspecified atom stereocenters. The monoisotopic (exact) mass is 387 g/mol. The van der Waals surface area contributed by atoms with E-state index in [4.69, 9.17) is 10.00 Å². The third-order valence-corrected chi connectivity index (χ3v) is 4.49. The Morgan fingerprint density at radius 2 is 2.18 bits per heavy atom. The summed E-state index contributed by atoms with van der Waals surface area (Å²) in [6.45, 7) is 3.83. The molecule has 0 aromatic carbocycles. The lowest BCUT2D eigenvalue weighted by Gasteiger charge is -2.19. The van der Waals surface area contributed by atoms with Crippen molar-refractivity contribution in [2.75, 3.05) is 13.7 Å². The van der Waals surface area contributed by atoms with Crippen molar-refractivity contribution in [3.05, 3.63) is 14.7 Å². The Labute approximate surface area is 142 Å². The first kappa shape index (κ1) is 18.5. The van der Waals surface area contributed by atoms with E-state index in [0.717, 1.165) is 3.79 Å². The van der Waals surface area contributed by atoms with E-state index in [1.807, 2.05) is 19.9 Å². The lowest BCUT2D eigenvalue weighted by Crippen LogP contribution is -2.47. The zero-order valence-electron chi connectivity index (χ0n) is 12.6. The summed E-state index contributed by atoms with van der Waals surface area (Å²) < 4.78 is 5.90. The highest BCUT2D eigenvalue weighted by Gasteiger charge is 2.25. The Morgan fingerprint density at radius 3 is 2.73 bits per heavy atom. The fourth-order valence-corrected chi connectivity index (χ4v) is 3.25. The predicted octanol–water partition coefficient (Wildman–Crippen LogP) is 2.30. The summed E-state index contributed by atoms with van der Waals surface area (Å²) in [6, 6.07) is 1.15. The highest BCUT2D eigenvalue weighted by Crippen LogP contribution is 2.35. The second kappa shape index (κ2) is 8.76. The van der Waals surface area contributed by atoms with Crippen molar-refractivity contribution in [1.29, 1.82) is 5.26 Å². The van der Waals surface area contributed by atoms with Gasteiger partial charge in [-0.25, -0.2) is 0 Å². The van der Waals surface area contributed by atoms with Gasteiger partial charge in [0, 0.05) is 5.38 Å². The van der Waals surface area contributed by atoms with Gasteiger partial charge < -0.3 is 15.4 Å². The van der Waals surface area contributed by atoms with E-state index in [1.54, 1.807) is 5.38 Å². The van der Waals surface area contributed by atoms with Crippen molar-refractivity contribution in [2.24, 2.45) is 5.92 Å². The standard InChI is InChI=1S/C14H18BrN3O3S/c1-8(2)6-10(14(20)17-5-4-16)18-13(19)9-7-22-12(15)11(9)21-3/h7-8,10H,5-6H2,1-3H3,(H,17,20)(H,18,19)/t10-/m0/s1. The first-order valence-corrected chi connectivity index (χ1v) is 8.34. The van der Waals surface area contributed by atoms with E-state index in [9.17, 15) is 9.59 Å². The number of nitrogens with one attached hydrogen (secondary N) is 2. The van der Waals surface area contributed by atoms with Crippen molar-refractivity contribution >= 4 is 39.1 Å². The van der Waals surface area contributed by atoms with E-state index >= 15 is 0 Å². The molecule has 1 rings (SSSR count). The van der Waals surface area contributed by atoms with E-state index < -0.39 is 6.04 Å². The second-order valence-electron chi connectivity index (χ2n) is 4.99. The van der Waals surface area contributed by atoms with Crippen LogP contribution in [0.1, 0.15) is 30.6 Å². The molecule has 0 saturated heterocycles. The number of carbonyl (C=O) groups excluding carboxylic acids is 2. The van der Waals surface area contributed by atoms with E-state index in [2.05, 4.69) is 26.6 Å². The lowest BCUT2D eigenvalue weighted by molar-refractivity contribution is -0.123. The summed E-state index contributed by atoms with van der Waals surface area (Å²) in [6.07, 6.45) is 0.483. The molecule has 0 radical (unpaired) electrons. The maximum absolute atomic E-state index is 12.4. The van der Waals surface area contributed by atoms with Gasteiger partial charge in [-0.15, -0.1) is 11.3 Å². The van der Waals surface area contributed by atoms with Gasteiger partial charge in [0.2, 0.25) is 5.91 Å². The highest BCUT2D eigenvalue weighted by atomic mass is 79.9. The summed E-state index contributed by atoms with van der Waals surface area (Å²) in [5.41, 5.74) is 0.376.